The van der Waals surface area contributed by atoms with E-state index in [4.69, 9.17) is 0 Å². The van der Waals surface area contributed by atoms with Gasteiger partial charge in [-0.2, -0.15) is 0 Å². The average Bonchev–Trinajstić information content (AvgIpc) is 3.41. The van der Waals surface area contributed by atoms with Gasteiger partial charge in [-0.15, -0.1) is 20.4 Å². The lowest BCUT2D eigenvalue weighted by atomic mass is 9.84. The first-order valence-electron chi connectivity index (χ1n) is 9.26. The number of aromatic hydroxyl groups is 1. The molecule has 2 bridgehead atoms. The smallest absolute Gasteiger partial charge is 0.177 e. The van der Waals surface area contributed by atoms with E-state index >= 15 is 0 Å². The van der Waals surface area contributed by atoms with E-state index in [0.29, 0.717) is 34.8 Å². The van der Waals surface area contributed by atoms with Crippen LogP contribution >= 0.6 is 0 Å². The number of fused-ring (bicyclic) bond motifs is 2. The molecule has 0 aliphatic carbocycles. The summed E-state index contributed by atoms with van der Waals surface area (Å²) in [6.45, 7) is 4.03. The normalized spacial score (nSPS) is 25.3. The van der Waals surface area contributed by atoms with Gasteiger partial charge in [0, 0.05) is 23.6 Å². The Kier molecular flexibility index (Phi) is 4.17. The third kappa shape index (κ3) is 3.09. The van der Waals surface area contributed by atoms with Crippen molar-refractivity contribution in [3.63, 3.8) is 0 Å². The fourth-order valence-corrected chi connectivity index (χ4v) is 3.89. The van der Waals surface area contributed by atoms with Crippen molar-refractivity contribution in [3.05, 3.63) is 61.6 Å². The Balaban J connectivity index is 1.37. The van der Waals surface area contributed by atoms with Crippen molar-refractivity contribution in [2.45, 2.75) is 24.7 Å². The van der Waals surface area contributed by atoms with Gasteiger partial charge in [0.05, 0.1) is 17.9 Å². The minimum atomic E-state index is -1.07. The Bertz CT molecular complexity index is 1080. The summed E-state index contributed by atoms with van der Waals surface area (Å²) in [5.74, 6) is -0.00243. The maximum atomic E-state index is 14.7. The molecule has 0 saturated carbocycles. The van der Waals surface area contributed by atoms with Gasteiger partial charge in [0.15, 0.2) is 5.82 Å². The summed E-state index contributed by atoms with van der Waals surface area (Å²) in [6.07, 6.45) is 8.00. The lowest BCUT2D eigenvalue weighted by molar-refractivity contribution is 0.178. The third-order valence-corrected chi connectivity index (χ3v) is 5.46. The van der Waals surface area contributed by atoms with Crippen LogP contribution in [0.1, 0.15) is 12.2 Å². The number of nitrogens with one attached hydrogen (secondary N) is 1. The van der Waals surface area contributed by atoms with Crippen LogP contribution in [0.5, 0.6) is 5.75 Å². The van der Waals surface area contributed by atoms with Gasteiger partial charge in [-0.25, -0.2) is 9.37 Å². The summed E-state index contributed by atoms with van der Waals surface area (Å²) in [6, 6.07) is 4.97. The molecule has 8 nitrogen and oxygen atoms in total. The second kappa shape index (κ2) is 6.85. The lowest BCUT2D eigenvalue weighted by Crippen LogP contribution is -2.47. The van der Waals surface area contributed by atoms with Crippen molar-refractivity contribution < 1.29 is 9.50 Å². The maximum Gasteiger partial charge on any atom is 0.177 e. The molecule has 0 radical (unpaired) electrons. The van der Waals surface area contributed by atoms with Gasteiger partial charge >= 0.3 is 0 Å². The van der Waals surface area contributed by atoms with Crippen LogP contribution in [0, 0.1) is 5.92 Å². The van der Waals surface area contributed by atoms with E-state index in [2.05, 4.69) is 37.3 Å². The highest BCUT2D eigenvalue weighted by atomic mass is 19.1. The fraction of sp³-hybridized carbons (Fsp3) is 0.250. The number of hydrogen-bond acceptors (Lipinski definition) is 7. The van der Waals surface area contributed by atoms with Crippen LogP contribution in [0.3, 0.4) is 0 Å². The number of phenolic OH excluding ortho intramolecular Hbond substituents is 1. The first-order valence-corrected chi connectivity index (χ1v) is 9.26. The molecule has 1 saturated heterocycles. The summed E-state index contributed by atoms with van der Waals surface area (Å²) in [7, 11) is 0. The van der Waals surface area contributed by atoms with Crippen molar-refractivity contribution >= 4 is 5.57 Å². The van der Waals surface area contributed by atoms with Crippen molar-refractivity contribution in [3.8, 4) is 22.7 Å². The van der Waals surface area contributed by atoms with E-state index in [-0.39, 0.29) is 23.8 Å². The number of benzene rings is 1. The fourth-order valence-electron chi connectivity index (χ4n) is 3.89. The van der Waals surface area contributed by atoms with E-state index < -0.39 is 6.17 Å². The molecule has 0 amide bonds. The summed E-state index contributed by atoms with van der Waals surface area (Å²) in [4.78, 5) is 4.33. The average molecular weight is 391 g/mol. The Labute approximate surface area is 165 Å². The number of hydrogen-bond donors (Lipinski definition) is 2. The van der Waals surface area contributed by atoms with E-state index in [1.165, 1.54) is 18.9 Å². The predicted octanol–water partition coefficient (Wildman–Crippen LogP) is 2.09. The van der Waals surface area contributed by atoms with Gasteiger partial charge in [0.2, 0.25) is 0 Å². The summed E-state index contributed by atoms with van der Waals surface area (Å²) < 4.78 is 16.4. The van der Waals surface area contributed by atoms with Crippen molar-refractivity contribution in [1.29, 1.82) is 0 Å². The molecule has 146 valence electrons. The molecule has 2 aromatic heterocycles. The highest BCUT2D eigenvalue weighted by molar-refractivity contribution is 5.68. The lowest BCUT2D eigenvalue weighted by Gasteiger charge is -2.33. The van der Waals surface area contributed by atoms with E-state index in [9.17, 15) is 9.50 Å². The maximum absolute atomic E-state index is 14.7. The zero-order valence-electron chi connectivity index (χ0n) is 15.4. The monoisotopic (exact) mass is 391 g/mol. The summed E-state index contributed by atoms with van der Waals surface area (Å²) in [5, 5.41) is 29.4. The Morgan fingerprint density at radius 3 is 2.76 bits per heavy atom. The van der Waals surface area contributed by atoms with Gasteiger partial charge in [-0.3, -0.25) is 4.57 Å². The quantitative estimate of drug-likeness (QED) is 0.657. The topological polar surface area (TPSA) is 102 Å². The summed E-state index contributed by atoms with van der Waals surface area (Å²) >= 11 is 0. The van der Waals surface area contributed by atoms with Gasteiger partial charge in [0.1, 0.15) is 30.3 Å². The largest absolute Gasteiger partial charge is 0.507 e. The molecule has 2 N–H and O–H groups in total. The van der Waals surface area contributed by atoms with Gasteiger partial charge in [0.25, 0.3) is 0 Å². The van der Waals surface area contributed by atoms with Crippen LogP contribution in [0.2, 0.25) is 0 Å². The second-order valence-corrected chi connectivity index (χ2v) is 7.23. The molecule has 5 rings (SSSR count). The molecule has 1 aromatic carbocycles. The Morgan fingerprint density at radius 1 is 1.21 bits per heavy atom. The molecule has 3 aromatic rings. The van der Waals surface area contributed by atoms with Crippen molar-refractivity contribution in [2.24, 2.45) is 5.92 Å². The Morgan fingerprint density at radius 2 is 2.03 bits per heavy atom. The third-order valence-electron chi connectivity index (χ3n) is 5.46. The van der Waals surface area contributed by atoms with Crippen molar-refractivity contribution in [1.82, 2.24) is 35.3 Å². The van der Waals surface area contributed by atoms with E-state index in [0.717, 1.165) is 0 Å². The van der Waals surface area contributed by atoms with Crippen LogP contribution in [0.15, 0.2) is 55.8 Å². The van der Waals surface area contributed by atoms with E-state index in [1.807, 2.05) is 12.2 Å². The first kappa shape index (κ1) is 17.6. The predicted molar refractivity (Wildman–Crippen MR) is 104 cm³/mol. The molecule has 9 heteroatoms. The molecule has 29 heavy (non-hydrogen) atoms. The molecule has 2 aliphatic rings. The zero-order chi connectivity index (χ0) is 20.0. The molecule has 4 heterocycles. The van der Waals surface area contributed by atoms with Crippen LogP contribution < -0.4 is 5.32 Å². The highest BCUT2D eigenvalue weighted by Gasteiger charge is 2.40. The molecular weight excluding hydrogens is 373 g/mol. The van der Waals surface area contributed by atoms with Crippen LogP contribution in [0.4, 0.5) is 4.39 Å². The van der Waals surface area contributed by atoms with Gasteiger partial charge in [-0.05, 0) is 24.1 Å². The molecular formula is C20H18FN7O. The molecule has 2 aliphatic heterocycles. The number of piperidine rings is 1. The minimum absolute atomic E-state index is 0.0312. The van der Waals surface area contributed by atoms with Gasteiger partial charge < -0.3 is 10.4 Å². The summed E-state index contributed by atoms with van der Waals surface area (Å²) in [5.41, 5.74) is 2.17. The SMILES string of the molecule is C=C(c1ncc(-c2ccc(-n3cnnc3)cc2O)nn1)[C@H]1C[C@@H]2C=C[C@@H](N2)[C@H]1F. The number of phenols is 1. The molecule has 4 atom stereocenters. The number of allylic oxidation sites excluding steroid dienone is 1. The molecule has 1 fully saturated rings. The minimum Gasteiger partial charge on any atom is -0.507 e. The standard InChI is InChI=1S/C20H18FN7O/c1-11(15-6-12-2-5-16(25-12)19(15)21)20-22-8-17(26-27-20)14-4-3-13(7-18(14)29)28-9-23-24-10-28/h2-5,7-10,12,15-16,19,25,29H,1,6H2/t12-,15+,16+,19-/m0/s1. The molecule has 0 unspecified atom stereocenters. The highest BCUT2D eigenvalue weighted by Crippen LogP contribution is 2.36. The zero-order valence-corrected chi connectivity index (χ0v) is 15.4. The van der Waals surface area contributed by atoms with Crippen LogP contribution in [0.25, 0.3) is 22.5 Å². The van der Waals surface area contributed by atoms with Crippen LogP contribution in [-0.2, 0) is 0 Å². The number of halogens is 1. The number of nitrogens with zero attached hydrogens (tertiary/aromatic N) is 6. The van der Waals surface area contributed by atoms with E-state index in [1.54, 1.807) is 22.8 Å². The Hall–Kier alpha value is -3.46. The second-order valence-electron chi connectivity index (χ2n) is 7.23. The number of rotatable bonds is 4. The number of alkyl halides is 1. The van der Waals surface area contributed by atoms with Crippen LogP contribution in [-0.4, -0.2) is 53.3 Å². The number of aromatic nitrogens is 6. The first-order chi connectivity index (χ1) is 14.1. The van der Waals surface area contributed by atoms with Gasteiger partial charge in [-0.1, -0.05) is 18.7 Å². The van der Waals surface area contributed by atoms with Crippen molar-refractivity contribution in [2.75, 3.05) is 0 Å². The molecule has 0 spiro atoms.